The number of imide groups is 1. The van der Waals surface area contributed by atoms with Crippen molar-refractivity contribution < 1.29 is 23.7 Å². The van der Waals surface area contributed by atoms with E-state index < -0.39 is 29.3 Å². The average molecular weight is 460 g/mol. The summed E-state index contributed by atoms with van der Waals surface area (Å²) < 4.78 is 5.69. The summed E-state index contributed by atoms with van der Waals surface area (Å²) in [5.41, 5.74) is 2.11. The number of non-ortho nitro benzene ring substituents is 1. The van der Waals surface area contributed by atoms with Gasteiger partial charge < -0.3 is 15.1 Å². The third kappa shape index (κ3) is 4.70. The summed E-state index contributed by atoms with van der Waals surface area (Å²) in [7, 11) is 0. The summed E-state index contributed by atoms with van der Waals surface area (Å²) in [5.74, 6) is -0.425. The van der Waals surface area contributed by atoms with Gasteiger partial charge in [0.25, 0.3) is 11.6 Å². The van der Waals surface area contributed by atoms with Crippen molar-refractivity contribution in [3.05, 3.63) is 87.8 Å². The second-order valence-corrected chi connectivity index (χ2v) is 7.44. The summed E-state index contributed by atoms with van der Waals surface area (Å²) in [5, 5.41) is 16.0. The Labute approximate surface area is 194 Å². The molecule has 34 heavy (non-hydrogen) atoms. The number of furan rings is 1. The third-order valence-corrected chi connectivity index (χ3v) is 5.21. The molecule has 10 heteroatoms. The van der Waals surface area contributed by atoms with Gasteiger partial charge >= 0.3 is 6.03 Å². The number of nitrogens with one attached hydrogen (secondary N) is 2. The fourth-order valence-corrected chi connectivity index (χ4v) is 3.47. The topological polar surface area (TPSA) is 135 Å². The number of carbonyl (C=O) groups is 3. The number of nitro groups is 1. The summed E-state index contributed by atoms with van der Waals surface area (Å²) in [6.45, 7) is 1.52. The molecule has 0 aliphatic carbocycles. The number of para-hydroxylation sites is 1. The van der Waals surface area contributed by atoms with Crippen LogP contribution in [-0.2, 0) is 16.0 Å². The number of hydrogen-bond acceptors (Lipinski definition) is 6. The Morgan fingerprint density at radius 2 is 1.85 bits per heavy atom. The van der Waals surface area contributed by atoms with E-state index in [2.05, 4.69) is 10.6 Å². The van der Waals surface area contributed by atoms with Crippen LogP contribution in [0.15, 0.2) is 70.8 Å². The van der Waals surface area contributed by atoms with Crippen molar-refractivity contribution in [2.24, 2.45) is 0 Å². The fraction of sp³-hybridized carbons (Fsp3) is 0.125. The quantitative estimate of drug-likeness (QED) is 0.237. The van der Waals surface area contributed by atoms with Crippen molar-refractivity contribution in [2.45, 2.75) is 13.3 Å². The van der Waals surface area contributed by atoms with Crippen LogP contribution in [0.4, 0.5) is 16.2 Å². The highest BCUT2D eigenvalue weighted by molar-refractivity contribution is 6.15. The number of nitro benzene ring substituents is 1. The Morgan fingerprint density at radius 1 is 1.12 bits per heavy atom. The van der Waals surface area contributed by atoms with Crippen molar-refractivity contribution in [2.75, 3.05) is 11.9 Å². The Hall–Kier alpha value is -4.73. The lowest BCUT2D eigenvalue weighted by Gasteiger charge is -2.13. The van der Waals surface area contributed by atoms with Gasteiger partial charge in [0.1, 0.15) is 23.8 Å². The lowest BCUT2D eigenvalue weighted by Crippen LogP contribution is -2.38. The number of anilines is 1. The molecule has 4 amide bonds. The number of urea groups is 1. The summed E-state index contributed by atoms with van der Waals surface area (Å²) in [6, 6.07) is 15.6. The van der Waals surface area contributed by atoms with Gasteiger partial charge in [-0.25, -0.2) is 9.69 Å². The molecular formula is C24H20N4O6. The van der Waals surface area contributed by atoms with Crippen molar-refractivity contribution >= 4 is 35.3 Å². The molecular weight excluding hydrogens is 440 g/mol. The molecule has 0 unspecified atom stereocenters. The molecule has 0 bridgehead atoms. The van der Waals surface area contributed by atoms with Crippen LogP contribution in [0.2, 0.25) is 0 Å². The maximum absolute atomic E-state index is 12.7. The molecule has 2 heterocycles. The van der Waals surface area contributed by atoms with Gasteiger partial charge in [-0.3, -0.25) is 19.7 Å². The highest BCUT2D eigenvalue weighted by Crippen LogP contribution is 2.26. The van der Waals surface area contributed by atoms with Crippen LogP contribution in [0.5, 0.6) is 0 Å². The second kappa shape index (κ2) is 9.41. The molecule has 0 radical (unpaired) electrons. The number of nitrogens with zero attached hydrogens (tertiary/aromatic N) is 2. The molecule has 172 valence electrons. The highest BCUT2D eigenvalue weighted by Gasteiger charge is 2.35. The van der Waals surface area contributed by atoms with Crippen molar-refractivity contribution in [3.63, 3.8) is 0 Å². The second-order valence-electron chi connectivity index (χ2n) is 7.44. The number of benzene rings is 2. The van der Waals surface area contributed by atoms with Gasteiger partial charge in [-0.05, 0) is 42.3 Å². The molecule has 1 saturated heterocycles. The molecule has 0 spiro atoms. The van der Waals surface area contributed by atoms with E-state index in [9.17, 15) is 24.5 Å². The highest BCUT2D eigenvalue weighted by atomic mass is 16.6. The predicted molar refractivity (Wildman–Crippen MR) is 123 cm³/mol. The Kier molecular flexibility index (Phi) is 6.22. The lowest BCUT2D eigenvalue weighted by molar-refractivity contribution is -0.384. The van der Waals surface area contributed by atoms with Crippen LogP contribution in [0.3, 0.4) is 0 Å². The van der Waals surface area contributed by atoms with Crippen LogP contribution in [-0.4, -0.2) is 34.2 Å². The van der Waals surface area contributed by atoms with Crippen LogP contribution < -0.4 is 10.6 Å². The van der Waals surface area contributed by atoms with Crippen LogP contribution in [0.1, 0.15) is 18.2 Å². The first-order valence-electron chi connectivity index (χ1n) is 10.4. The number of rotatable bonds is 7. The summed E-state index contributed by atoms with van der Waals surface area (Å²) >= 11 is 0. The summed E-state index contributed by atoms with van der Waals surface area (Å²) in [4.78, 5) is 48.6. The van der Waals surface area contributed by atoms with E-state index in [0.717, 1.165) is 16.9 Å². The zero-order chi connectivity index (χ0) is 24.2. The number of aryl methyl sites for hydroxylation is 1. The van der Waals surface area contributed by atoms with Gasteiger partial charge in [0.15, 0.2) is 0 Å². The minimum absolute atomic E-state index is 0.0312. The van der Waals surface area contributed by atoms with Gasteiger partial charge in [-0.2, -0.15) is 0 Å². The molecule has 0 atom stereocenters. The van der Waals surface area contributed by atoms with E-state index in [1.165, 1.54) is 18.2 Å². The average Bonchev–Trinajstić information content (AvgIpc) is 3.40. The predicted octanol–water partition coefficient (Wildman–Crippen LogP) is 3.95. The monoisotopic (exact) mass is 460 g/mol. The van der Waals surface area contributed by atoms with E-state index in [1.54, 1.807) is 36.4 Å². The van der Waals surface area contributed by atoms with E-state index in [1.807, 2.05) is 19.1 Å². The van der Waals surface area contributed by atoms with Crippen LogP contribution in [0.25, 0.3) is 17.4 Å². The first kappa shape index (κ1) is 22.5. The Balaban J connectivity index is 1.44. The smallest absolute Gasteiger partial charge is 0.329 e. The normalized spacial score (nSPS) is 14.4. The van der Waals surface area contributed by atoms with E-state index in [-0.39, 0.29) is 11.4 Å². The largest absolute Gasteiger partial charge is 0.457 e. The molecule has 3 aromatic rings. The third-order valence-electron chi connectivity index (χ3n) is 5.21. The van der Waals surface area contributed by atoms with Crippen LogP contribution in [0, 0.1) is 10.1 Å². The van der Waals surface area contributed by atoms with E-state index in [4.69, 9.17) is 4.42 Å². The lowest BCUT2D eigenvalue weighted by atomic mass is 10.1. The summed E-state index contributed by atoms with van der Waals surface area (Å²) in [6.07, 6.45) is 2.08. The molecule has 0 saturated carbocycles. The van der Waals surface area contributed by atoms with Crippen molar-refractivity contribution in [3.8, 4) is 11.3 Å². The van der Waals surface area contributed by atoms with Gasteiger partial charge in [-0.15, -0.1) is 0 Å². The molecule has 2 aromatic carbocycles. The number of amides is 4. The van der Waals surface area contributed by atoms with E-state index >= 15 is 0 Å². The first-order valence-corrected chi connectivity index (χ1v) is 10.4. The van der Waals surface area contributed by atoms with Crippen molar-refractivity contribution in [1.82, 2.24) is 10.2 Å². The minimum Gasteiger partial charge on any atom is -0.457 e. The Bertz CT molecular complexity index is 1310. The molecule has 1 aliphatic heterocycles. The van der Waals surface area contributed by atoms with Crippen molar-refractivity contribution in [1.29, 1.82) is 0 Å². The maximum Gasteiger partial charge on any atom is 0.329 e. The van der Waals surface area contributed by atoms with Crippen LogP contribution >= 0.6 is 0 Å². The van der Waals surface area contributed by atoms with Gasteiger partial charge in [-0.1, -0.05) is 25.1 Å². The molecule has 4 rings (SSSR count). The molecule has 2 N–H and O–H groups in total. The standard InChI is InChI=1S/C24H20N4O6/c1-2-15-5-3-4-6-19(15)25-22(29)14-27-23(30)20(26-24(27)31)13-18-11-12-21(34-18)16-7-9-17(10-8-16)28(32)33/h3-13H,2,14H2,1H3,(H,25,29)(H,26,31)/b20-13-. The van der Waals surface area contributed by atoms with E-state index in [0.29, 0.717) is 22.8 Å². The number of hydrogen-bond donors (Lipinski definition) is 2. The molecule has 1 aliphatic rings. The van der Waals surface area contributed by atoms with Gasteiger partial charge in [0.2, 0.25) is 5.91 Å². The minimum atomic E-state index is -0.711. The molecule has 1 aromatic heterocycles. The zero-order valence-electron chi connectivity index (χ0n) is 18.1. The molecule has 10 nitrogen and oxygen atoms in total. The SMILES string of the molecule is CCc1ccccc1NC(=O)CN1C(=O)N/C(=C\c2ccc(-c3ccc([N+](=O)[O-])cc3)o2)C1=O. The molecule has 1 fully saturated rings. The number of carbonyl (C=O) groups excluding carboxylic acids is 3. The zero-order valence-corrected chi connectivity index (χ0v) is 18.1. The maximum atomic E-state index is 12.7. The van der Waals surface area contributed by atoms with Gasteiger partial charge in [0.05, 0.1) is 4.92 Å². The first-order chi connectivity index (χ1) is 16.4. The Morgan fingerprint density at radius 3 is 2.56 bits per heavy atom. The van der Waals surface area contributed by atoms with Gasteiger partial charge in [0, 0.05) is 29.5 Å². The fourth-order valence-electron chi connectivity index (χ4n) is 3.47.